The van der Waals surface area contributed by atoms with Gasteiger partial charge >= 0.3 is 0 Å². The fourth-order valence-electron chi connectivity index (χ4n) is 6.10. The Bertz CT molecular complexity index is 946. The van der Waals surface area contributed by atoms with Gasteiger partial charge in [-0.05, 0) is 57.4 Å². The van der Waals surface area contributed by atoms with Gasteiger partial charge in [-0.1, -0.05) is 12.5 Å². The number of nitrogens with zero attached hydrogens (tertiary/aromatic N) is 2. The van der Waals surface area contributed by atoms with Gasteiger partial charge in [0.2, 0.25) is 0 Å². The molecular weight excluding hydrogens is 388 g/mol. The van der Waals surface area contributed by atoms with Gasteiger partial charge in [-0.3, -0.25) is 9.88 Å². The fraction of sp³-hybridized carbons (Fsp3) is 0.577. The van der Waals surface area contributed by atoms with Crippen LogP contribution in [0.15, 0.2) is 30.5 Å². The summed E-state index contributed by atoms with van der Waals surface area (Å²) in [5.74, 6) is 2.39. The third-order valence-corrected chi connectivity index (χ3v) is 7.47. The zero-order chi connectivity index (χ0) is 21.6. The number of hydrogen-bond acceptors (Lipinski definition) is 5. The van der Waals surface area contributed by atoms with E-state index in [0.29, 0.717) is 6.61 Å². The molecule has 31 heavy (non-hydrogen) atoms. The van der Waals surface area contributed by atoms with Crippen LogP contribution >= 0.6 is 0 Å². The molecule has 2 aromatic rings. The second-order valence-electron chi connectivity index (χ2n) is 9.65. The molecule has 166 valence electrons. The van der Waals surface area contributed by atoms with Crippen molar-refractivity contribution < 1.29 is 14.6 Å². The Labute approximate surface area is 185 Å². The molecule has 3 heterocycles. The summed E-state index contributed by atoms with van der Waals surface area (Å²) in [6.07, 6.45) is 6.27. The smallest absolute Gasteiger partial charge is 0.124 e. The number of benzene rings is 1. The maximum atomic E-state index is 11.9. The van der Waals surface area contributed by atoms with E-state index in [9.17, 15) is 5.11 Å². The third-order valence-electron chi connectivity index (χ3n) is 7.47. The summed E-state index contributed by atoms with van der Waals surface area (Å²) in [4.78, 5) is 7.15. The topological polar surface area (TPSA) is 54.8 Å². The largest absolute Gasteiger partial charge is 0.494 e. The first-order valence-electron chi connectivity index (χ1n) is 11.8. The second-order valence-corrected chi connectivity index (χ2v) is 9.65. The van der Waals surface area contributed by atoms with Crippen molar-refractivity contribution in [3.63, 3.8) is 0 Å². The third kappa shape index (κ3) is 3.62. The van der Waals surface area contributed by atoms with Crippen LogP contribution in [0.5, 0.6) is 11.5 Å². The van der Waals surface area contributed by atoms with Gasteiger partial charge in [-0.25, -0.2) is 0 Å². The highest BCUT2D eigenvalue weighted by molar-refractivity contribution is 5.48. The highest BCUT2D eigenvalue weighted by atomic mass is 16.5. The van der Waals surface area contributed by atoms with Crippen LogP contribution in [0.25, 0.3) is 0 Å². The van der Waals surface area contributed by atoms with E-state index in [4.69, 9.17) is 9.47 Å². The van der Waals surface area contributed by atoms with Crippen LogP contribution in [0.2, 0.25) is 0 Å². The molecule has 1 aromatic heterocycles. The predicted octanol–water partition coefficient (Wildman–Crippen LogP) is 4.23. The van der Waals surface area contributed by atoms with Gasteiger partial charge in [-0.2, -0.15) is 0 Å². The Balaban J connectivity index is 1.41. The summed E-state index contributed by atoms with van der Waals surface area (Å²) >= 11 is 0. The number of piperidine rings is 1. The van der Waals surface area contributed by atoms with Crippen molar-refractivity contribution in [3.05, 3.63) is 52.8 Å². The molecule has 2 bridgehead atoms. The number of likely N-dealkylation sites (tertiary alicyclic amines) is 1. The molecule has 0 amide bonds. The lowest BCUT2D eigenvalue weighted by Gasteiger charge is -2.53. The molecule has 2 fully saturated rings. The summed E-state index contributed by atoms with van der Waals surface area (Å²) in [5.41, 5.74) is 3.60. The minimum absolute atomic E-state index is 0.204. The van der Waals surface area contributed by atoms with Gasteiger partial charge in [0.05, 0.1) is 12.3 Å². The van der Waals surface area contributed by atoms with Crippen molar-refractivity contribution in [2.24, 2.45) is 11.8 Å². The van der Waals surface area contributed by atoms with Crippen molar-refractivity contribution in [3.8, 4) is 11.5 Å². The minimum Gasteiger partial charge on any atom is -0.494 e. The summed E-state index contributed by atoms with van der Waals surface area (Å²) in [5, 5.41) is 11.9. The van der Waals surface area contributed by atoms with Gasteiger partial charge in [0, 0.05) is 55.2 Å². The Hall–Kier alpha value is -2.11. The molecule has 1 N–H and O–H groups in total. The van der Waals surface area contributed by atoms with Crippen LogP contribution in [-0.4, -0.2) is 40.8 Å². The summed E-state index contributed by atoms with van der Waals surface area (Å²) in [7, 11) is 0. The lowest BCUT2D eigenvalue weighted by Crippen LogP contribution is -2.58. The molecule has 2 aliphatic heterocycles. The number of fused-ring (bicyclic) bond motifs is 3. The van der Waals surface area contributed by atoms with E-state index in [0.717, 1.165) is 61.7 Å². The molecule has 5 nitrogen and oxygen atoms in total. The van der Waals surface area contributed by atoms with Crippen molar-refractivity contribution in [2.45, 2.75) is 64.7 Å². The minimum atomic E-state index is -0.820. The average molecular weight is 423 g/mol. The summed E-state index contributed by atoms with van der Waals surface area (Å²) in [6, 6.07) is 8.39. The first-order chi connectivity index (χ1) is 15.0. The van der Waals surface area contributed by atoms with E-state index in [-0.39, 0.29) is 17.9 Å². The molecule has 0 spiro atoms. The van der Waals surface area contributed by atoms with E-state index in [1.807, 2.05) is 19.2 Å². The zero-order valence-corrected chi connectivity index (χ0v) is 18.9. The van der Waals surface area contributed by atoms with E-state index >= 15 is 0 Å². The van der Waals surface area contributed by atoms with Crippen LogP contribution in [0.1, 0.15) is 55.5 Å². The highest BCUT2D eigenvalue weighted by Gasteiger charge is 2.52. The highest BCUT2D eigenvalue weighted by Crippen LogP contribution is 2.49. The van der Waals surface area contributed by atoms with E-state index in [2.05, 4.69) is 41.9 Å². The summed E-state index contributed by atoms with van der Waals surface area (Å²) in [6.45, 7) is 9.47. The van der Waals surface area contributed by atoms with E-state index in [1.165, 1.54) is 17.5 Å². The molecule has 1 saturated heterocycles. The molecule has 3 unspecified atom stereocenters. The lowest BCUT2D eigenvalue weighted by atomic mass is 9.63. The zero-order valence-electron chi connectivity index (χ0n) is 18.9. The van der Waals surface area contributed by atoms with Crippen molar-refractivity contribution in [2.75, 3.05) is 19.7 Å². The average Bonchev–Trinajstić information content (AvgIpc) is 3.08. The fourth-order valence-corrected chi connectivity index (χ4v) is 6.10. The molecule has 0 radical (unpaired) electrons. The number of pyridine rings is 1. The van der Waals surface area contributed by atoms with Gasteiger partial charge in [-0.15, -0.1) is 0 Å². The molecule has 1 aromatic carbocycles. The van der Waals surface area contributed by atoms with Crippen LogP contribution in [0.3, 0.4) is 0 Å². The predicted molar refractivity (Wildman–Crippen MR) is 120 cm³/mol. The maximum absolute atomic E-state index is 11.9. The number of ether oxygens (including phenoxy) is 2. The van der Waals surface area contributed by atoms with Crippen LogP contribution in [0, 0.1) is 18.8 Å². The quantitative estimate of drug-likeness (QED) is 0.781. The lowest BCUT2D eigenvalue weighted by molar-refractivity contribution is -0.151. The number of hydrogen-bond donors (Lipinski definition) is 1. The van der Waals surface area contributed by atoms with Gasteiger partial charge in [0.25, 0.3) is 0 Å². The molecular formula is C26H34N2O3. The molecule has 3 aliphatic rings. The molecule has 5 rings (SSSR count). The standard InChI is InChI=1S/C26H34N2O3/c1-4-30-23-12-19-11-18(3)31-24(19)13-20(23)14-28-15-21-8-5-9-22(16-28)26(21,29)25-17(2)7-6-10-27-25/h6-7,10,12-13,18,21-22,29H,4-5,8-9,11,14-16H2,1-3H3. The Morgan fingerprint density at radius 2 is 2.03 bits per heavy atom. The van der Waals surface area contributed by atoms with E-state index in [1.54, 1.807) is 0 Å². The molecule has 1 aliphatic carbocycles. The van der Waals surface area contributed by atoms with Crippen LogP contribution < -0.4 is 9.47 Å². The first-order valence-corrected chi connectivity index (χ1v) is 11.8. The Morgan fingerprint density at radius 1 is 1.26 bits per heavy atom. The first kappa shape index (κ1) is 20.8. The number of aromatic nitrogens is 1. The Kier molecular flexibility index (Phi) is 5.43. The monoisotopic (exact) mass is 422 g/mol. The van der Waals surface area contributed by atoms with Crippen molar-refractivity contribution >= 4 is 0 Å². The number of rotatable bonds is 5. The molecule has 1 saturated carbocycles. The normalized spacial score (nSPS) is 30.0. The second kappa shape index (κ2) is 8.10. The van der Waals surface area contributed by atoms with Gasteiger partial charge in [0.1, 0.15) is 23.2 Å². The SMILES string of the molecule is CCOc1cc2c(cc1CN1CC3CCCC(C1)C3(O)c1ncccc1C)OC(C)C2. The maximum Gasteiger partial charge on any atom is 0.124 e. The Morgan fingerprint density at radius 3 is 2.74 bits per heavy atom. The van der Waals surface area contributed by atoms with Crippen LogP contribution in [-0.2, 0) is 18.6 Å². The van der Waals surface area contributed by atoms with Gasteiger partial charge < -0.3 is 14.6 Å². The number of aliphatic hydroxyl groups is 1. The van der Waals surface area contributed by atoms with E-state index < -0.39 is 5.60 Å². The van der Waals surface area contributed by atoms with Gasteiger partial charge in [0.15, 0.2) is 0 Å². The van der Waals surface area contributed by atoms with Crippen molar-refractivity contribution in [1.82, 2.24) is 9.88 Å². The molecule has 5 heteroatoms. The molecule has 3 atom stereocenters. The summed E-state index contributed by atoms with van der Waals surface area (Å²) < 4.78 is 12.0. The number of aryl methyl sites for hydroxylation is 1. The van der Waals surface area contributed by atoms with Crippen LogP contribution in [0.4, 0.5) is 0 Å². The van der Waals surface area contributed by atoms with Crippen molar-refractivity contribution in [1.29, 1.82) is 0 Å².